The first-order valence-electron chi connectivity index (χ1n) is 6.37. The monoisotopic (exact) mass is 312 g/mol. The number of imidazole rings is 1. The molecule has 0 radical (unpaired) electrons. The summed E-state index contributed by atoms with van der Waals surface area (Å²) in [6.07, 6.45) is 0. The predicted molar refractivity (Wildman–Crippen MR) is 79.2 cm³/mol. The number of ether oxygens (including phenoxy) is 1. The molecule has 0 aliphatic heterocycles. The number of carbonyl (C=O) groups is 1. The van der Waals surface area contributed by atoms with Crippen LogP contribution in [0.25, 0.3) is 11.0 Å². The second-order valence-electron chi connectivity index (χ2n) is 5.29. The molecule has 1 N–H and O–H groups in total. The van der Waals surface area contributed by atoms with Crippen LogP contribution in [-0.2, 0) is 15.1 Å². The standard InChI is InChI=1S/C14H17FN2O3S/c1-14(2,8-20-3)17-11-5-4-9(15)6-10(11)16-13(17)21-7-12(18)19/h4-6H,7-8H2,1-3H3,(H,18,19). The molecule has 0 unspecified atom stereocenters. The van der Waals surface area contributed by atoms with Crippen LogP contribution in [0.3, 0.4) is 0 Å². The molecule has 0 amide bonds. The molecular formula is C14H17FN2O3S. The van der Waals surface area contributed by atoms with Crippen molar-refractivity contribution in [3.8, 4) is 0 Å². The minimum absolute atomic E-state index is 0.102. The molecule has 114 valence electrons. The topological polar surface area (TPSA) is 64.3 Å². The van der Waals surface area contributed by atoms with Crippen molar-refractivity contribution in [2.24, 2.45) is 0 Å². The van der Waals surface area contributed by atoms with Gasteiger partial charge in [-0.2, -0.15) is 0 Å². The number of halogens is 1. The Bertz CT molecular complexity index is 670. The maximum atomic E-state index is 13.4. The molecule has 0 saturated heterocycles. The van der Waals surface area contributed by atoms with Gasteiger partial charge in [-0.25, -0.2) is 9.37 Å². The molecule has 7 heteroatoms. The van der Waals surface area contributed by atoms with Crippen molar-refractivity contribution in [3.05, 3.63) is 24.0 Å². The third-order valence-corrected chi connectivity index (χ3v) is 3.94. The summed E-state index contributed by atoms with van der Waals surface area (Å²) in [6.45, 7) is 4.36. The third-order valence-electron chi connectivity index (χ3n) is 3.01. The highest BCUT2D eigenvalue weighted by molar-refractivity contribution is 7.99. The number of fused-ring (bicyclic) bond motifs is 1. The van der Waals surface area contributed by atoms with Crippen LogP contribution in [0.2, 0.25) is 0 Å². The average Bonchev–Trinajstić information content (AvgIpc) is 2.74. The van der Waals surface area contributed by atoms with Crippen LogP contribution in [0.15, 0.2) is 23.4 Å². The molecule has 0 aliphatic rings. The quantitative estimate of drug-likeness (QED) is 0.831. The molecule has 1 aromatic carbocycles. The summed E-state index contributed by atoms with van der Waals surface area (Å²) < 4.78 is 20.5. The van der Waals surface area contributed by atoms with Gasteiger partial charge in [0, 0.05) is 13.2 Å². The van der Waals surface area contributed by atoms with Gasteiger partial charge in [0.25, 0.3) is 0 Å². The summed E-state index contributed by atoms with van der Waals surface area (Å²) in [5.41, 5.74) is 0.834. The molecule has 1 aromatic heterocycles. The lowest BCUT2D eigenvalue weighted by atomic mass is 10.1. The van der Waals surface area contributed by atoms with E-state index >= 15 is 0 Å². The van der Waals surface area contributed by atoms with Gasteiger partial charge in [0.05, 0.1) is 28.9 Å². The minimum Gasteiger partial charge on any atom is -0.481 e. The average molecular weight is 312 g/mol. The lowest BCUT2D eigenvalue weighted by molar-refractivity contribution is -0.133. The zero-order chi connectivity index (χ0) is 15.6. The van der Waals surface area contributed by atoms with Crippen LogP contribution in [0.5, 0.6) is 0 Å². The Hall–Kier alpha value is -1.60. The fourth-order valence-corrected chi connectivity index (χ4v) is 3.15. The van der Waals surface area contributed by atoms with Gasteiger partial charge in [-0.05, 0) is 26.0 Å². The van der Waals surface area contributed by atoms with Crippen LogP contribution in [0.4, 0.5) is 4.39 Å². The molecule has 21 heavy (non-hydrogen) atoms. The molecule has 0 aliphatic carbocycles. The number of benzene rings is 1. The summed E-state index contributed by atoms with van der Waals surface area (Å²) in [7, 11) is 1.60. The number of carboxylic acid groups (broad SMARTS) is 1. The SMILES string of the molecule is COCC(C)(C)n1c(SCC(=O)O)nc2cc(F)ccc21. The van der Waals surface area contributed by atoms with Gasteiger partial charge in [-0.1, -0.05) is 11.8 Å². The maximum Gasteiger partial charge on any atom is 0.313 e. The number of aromatic nitrogens is 2. The number of hydrogen-bond acceptors (Lipinski definition) is 4. The summed E-state index contributed by atoms with van der Waals surface area (Å²) >= 11 is 1.11. The van der Waals surface area contributed by atoms with E-state index in [0.717, 1.165) is 17.3 Å². The Kier molecular flexibility index (Phi) is 4.53. The normalized spacial score (nSPS) is 12.0. The highest BCUT2D eigenvalue weighted by Crippen LogP contribution is 2.31. The van der Waals surface area contributed by atoms with Crippen LogP contribution in [-0.4, -0.2) is 40.1 Å². The maximum absolute atomic E-state index is 13.4. The van der Waals surface area contributed by atoms with Crippen molar-refractivity contribution in [3.63, 3.8) is 0 Å². The molecule has 2 aromatic rings. The van der Waals surface area contributed by atoms with Crippen LogP contribution >= 0.6 is 11.8 Å². The van der Waals surface area contributed by atoms with Gasteiger partial charge in [0.2, 0.25) is 0 Å². The fraction of sp³-hybridized carbons (Fsp3) is 0.429. The van der Waals surface area contributed by atoms with E-state index in [9.17, 15) is 9.18 Å². The summed E-state index contributed by atoms with van der Waals surface area (Å²) in [4.78, 5) is 15.1. The van der Waals surface area contributed by atoms with Gasteiger partial charge in [-0.3, -0.25) is 4.79 Å². The van der Waals surface area contributed by atoms with Gasteiger partial charge < -0.3 is 14.4 Å². The van der Waals surface area contributed by atoms with E-state index in [2.05, 4.69) is 4.98 Å². The van der Waals surface area contributed by atoms with Crippen molar-refractivity contribution in [2.45, 2.75) is 24.5 Å². The Balaban J connectivity index is 2.56. The molecule has 0 spiro atoms. The number of carboxylic acids is 1. The zero-order valence-corrected chi connectivity index (χ0v) is 12.9. The Morgan fingerprint density at radius 2 is 2.24 bits per heavy atom. The Morgan fingerprint density at radius 3 is 2.86 bits per heavy atom. The van der Waals surface area contributed by atoms with Crippen LogP contribution in [0.1, 0.15) is 13.8 Å². The fourth-order valence-electron chi connectivity index (χ4n) is 2.26. The number of rotatable bonds is 6. The second-order valence-corrected chi connectivity index (χ2v) is 6.23. The predicted octanol–water partition coefficient (Wildman–Crippen LogP) is 2.73. The van der Waals surface area contributed by atoms with E-state index in [-0.39, 0.29) is 11.6 Å². The van der Waals surface area contributed by atoms with Crippen molar-refractivity contribution in [1.29, 1.82) is 0 Å². The Labute approximate surface area is 126 Å². The molecule has 5 nitrogen and oxygen atoms in total. The summed E-state index contributed by atoms with van der Waals surface area (Å²) in [5, 5.41) is 9.39. The molecule has 2 rings (SSSR count). The molecule has 1 heterocycles. The molecular weight excluding hydrogens is 295 g/mol. The lowest BCUT2D eigenvalue weighted by Gasteiger charge is -2.28. The molecule has 0 bridgehead atoms. The molecule has 0 fully saturated rings. The third kappa shape index (κ3) is 3.36. The first-order valence-corrected chi connectivity index (χ1v) is 7.36. The van der Waals surface area contributed by atoms with Gasteiger partial charge in [0.15, 0.2) is 5.16 Å². The van der Waals surface area contributed by atoms with E-state index in [4.69, 9.17) is 9.84 Å². The van der Waals surface area contributed by atoms with Gasteiger partial charge in [-0.15, -0.1) is 0 Å². The van der Waals surface area contributed by atoms with Crippen molar-refractivity contribution < 1.29 is 19.0 Å². The van der Waals surface area contributed by atoms with E-state index in [0.29, 0.717) is 17.3 Å². The van der Waals surface area contributed by atoms with Crippen molar-refractivity contribution >= 4 is 28.8 Å². The molecule has 0 atom stereocenters. The van der Waals surface area contributed by atoms with E-state index in [1.54, 1.807) is 13.2 Å². The Morgan fingerprint density at radius 1 is 1.52 bits per heavy atom. The first kappa shape index (κ1) is 15.8. The number of nitrogens with zero attached hydrogens (tertiary/aromatic N) is 2. The number of methoxy groups -OCH3 is 1. The van der Waals surface area contributed by atoms with Crippen molar-refractivity contribution in [1.82, 2.24) is 9.55 Å². The van der Waals surface area contributed by atoms with Gasteiger partial charge in [0.1, 0.15) is 5.82 Å². The number of thioether (sulfide) groups is 1. The largest absolute Gasteiger partial charge is 0.481 e. The van der Waals surface area contributed by atoms with Gasteiger partial charge >= 0.3 is 5.97 Å². The first-order chi connectivity index (χ1) is 9.85. The van der Waals surface area contributed by atoms with E-state index in [1.165, 1.54) is 12.1 Å². The number of hydrogen-bond donors (Lipinski definition) is 1. The minimum atomic E-state index is -0.922. The number of aliphatic carboxylic acids is 1. The second kappa shape index (κ2) is 6.03. The van der Waals surface area contributed by atoms with Crippen LogP contribution in [0, 0.1) is 5.82 Å². The van der Waals surface area contributed by atoms with E-state index in [1.807, 2.05) is 18.4 Å². The highest BCUT2D eigenvalue weighted by Gasteiger charge is 2.27. The zero-order valence-electron chi connectivity index (χ0n) is 12.1. The highest BCUT2D eigenvalue weighted by atomic mass is 32.2. The lowest BCUT2D eigenvalue weighted by Crippen LogP contribution is -2.32. The molecule has 0 saturated carbocycles. The summed E-state index contributed by atoms with van der Waals surface area (Å²) in [6, 6.07) is 4.37. The van der Waals surface area contributed by atoms with E-state index < -0.39 is 11.5 Å². The van der Waals surface area contributed by atoms with Crippen molar-refractivity contribution in [2.75, 3.05) is 19.5 Å². The van der Waals surface area contributed by atoms with Crippen LogP contribution < -0.4 is 0 Å². The summed E-state index contributed by atoms with van der Waals surface area (Å²) in [5.74, 6) is -1.39. The smallest absolute Gasteiger partial charge is 0.313 e.